The summed E-state index contributed by atoms with van der Waals surface area (Å²) >= 11 is 0. The molecule has 1 aromatic heterocycles. The number of fused-ring (bicyclic) bond motifs is 1. The van der Waals surface area contributed by atoms with Gasteiger partial charge in [0, 0.05) is 5.56 Å². The van der Waals surface area contributed by atoms with Crippen molar-refractivity contribution >= 4 is 16.9 Å². The summed E-state index contributed by atoms with van der Waals surface area (Å²) < 4.78 is 7.25. The number of nitrogens with zero attached hydrogens (tertiary/aromatic N) is 2. The highest BCUT2D eigenvalue weighted by Crippen LogP contribution is 2.19. The Kier molecular flexibility index (Phi) is 3.67. The van der Waals surface area contributed by atoms with Gasteiger partial charge in [0.05, 0.1) is 17.1 Å². The average molecular weight is 294 g/mol. The fourth-order valence-electron chi connectivity index (χ4n) is 2.48. The normalized spacial score (nSPS) is 11.1. The topological polar surface area (TPSA) is 44.1 Å². The van der Waals surface area contributed by atoms with Crippen molar-refractivity contribution in [3.63, 3.8) is 0 Å². The molecule has 22 heavy (non-hydrogen) atoms. The van der Waals surface area contributed by atoms with Crippen LogP contribution in [0.1, 0.15) is 30.0 Å². The molecule has 0 N–H and O–H groups in total. The highest BCUT2D eigenvalue weighted by molar-refractivity contribution is 6.01. The standard InChI is InChI=1S/C18H18N2O2/c1-12(2)22-15-10-8-14(9-11-15)18(21)20-13(3)19-16-6-4-5-7-17(16)20/h4-12H,1-3H3. The molecular formula is C18H18N2O2. The minimum absolute atomic E-state index is 0.0812. The molecule has 0 atom stereocenters. The van der Waals surface area contributed by atoms with Gasteiger partial charge in [-0.1, -0.05) is 12.1 Å². The summed E-state index contributed by atoms with van der Waals surface area (Å²) in [5, 5.41) is 0. The lowest BCUT2D eigenvalue weighted by Gasteiger charge is -2.10. The third kappa shape index (κ3) is 2.60. The molecule has 0 saturated heterocycles. The summed E-state index contributed by atoms with van der Waals surface area (Å²) in [5.41, 5.74) is 2.27. The van der Waals surface area contributed by atoms with E-state index in [1.165, 1.54) is 0 Å². The van der Waals surface area contributed by atoms with Crippen LogP contribution in [0.5, 0.6) is 5.75 Å². The second-order valence-electron chi connectivity index (χ2n) is 5.48. The van der Waals surface area contributed by atoms with Crippen molar-refractivity contribution in [3.05, 3.63) is 59.9 Å². The summed E-state index contributed by atoms with van der Waals surface area (Å²) in [6.07, 6.45) is 0.112. The van der Waals surface area contributed by atoms with E-state index in [1.54, 1.807) is 16.7 Å². The molecule has 2 aromatic carbocycles. The minimum atomic E-state index is -0.0812. The third-order valence-corrected chi connectivity index (χ3v) is 3.40. The second kappa shape index (κ2) is 5.64. The first-order valence-corrected chi connectivity index (χ1v) is 7.32. The maximum atomic E-state index is 12.8. The lowest BCUT2D eigenvalue weighted by atomic mass is 10.2. The molecular weight excluding hydrogens is 276 g/mol. The molecule has 0 fully saturated rings. The van der Waals surface area contributed by atoms with Gasteiger partial charge in [0.15, 0.2) is 0 Å². The van der Waals surface area contributed by atoms with E-state index in [4.69, 9.17) is 4.74 Å². The second-order valence-corrected chi connectivity index (χ2v) is 5.48. The Labute approximate surface area is 129 Å². The molecule has 3 rings (SSSR count). The lowest BCUT2D eigenvalue weighted by molar-refractivity contribution is 0.0962. The van der Waals surface area contributed by atoms with Gasteiger partial charge in [-0.05, 0) is 57.2 Å². The summed E-state index contributed by atoms with van der Waals surface area (Å²) in [4.78, 5) is 17.2. The zero-order valence-electron chi connectivity index (χ0n) is 12.9. The molecule has 0 saturated carbocycles. The van der Waals surface area contributed by atoms with Crippen LogP contribution in [0.2, 0.25) is 0 Å². The number of benzene rings is 2. The number of imidazole rings is 1. The van der Waals surface area contributed by atoms with Crippen LogP contribution in [-0.4, -0.2) is 21.6 Å². The summed E-state index contributed by atoms with van der Waals surface area (Å²) in [6, 6.07) is 14.9. The summed E-state index contributed by atoms with van der Waals surface area (Å²) in [7, 11) is 0. The number of para-hydroxylation sites is 2. The van der Waals surface area contributed by atoms with Gasteiger partial charge >= 0.3 is 0 Å². The molecule has 0 amide bonds. The van der Waals surface area contributed by atoms with E-state index in [-0.39, 0.29) is 12.0 Å². The Bertz CT molecular complexity index is 817. The third-order valence-electron chi connectivity index (χ3n) is 3.40. The fourth-order valence-corrected chi connectivity index (χ4v) is 2.48. The number of rotatable bonds is 3. The fraction of sp³-hybridized carbons (Fsp3) is 0.222. The zero-order valence-corrected chi connectivity index (χ0v) is 12.9. The smallest absolute Gasteiger partial charge is 0.263 e. The molecule has 0 radical (unpaired) electrons. The van der Waals surface area contributed by atoms with Crippen LogP contribution in [-0.2, 0) is 0 Å². The van der Waals surface area contributed by atoms with E-state index in [1.807, 2.05) is 57.2 Å². The average Bonchev–Trinajstić information content (AvgIpc) is 2.82. The van der Waals surface area contributed by atoms with Gasteiger partial charge in [-0.3, -0.25) is 9.36 Å². The number of aromatic nitrogens is 2. The van der Waals surface area contributed by atoms with Gasteiger partial charge in [-0.2, -0.15) is 0 Å². The molecule has 1 heterocycles. The molecule has 0 unspecified atom stereocenters. The Hall–Kier alpha value is -2.62. The quantitative estimate of drug-likeness (QED) is 0.737. The van der Waals surface area contributed by atoms with Crippen LogP contribution < -0.4 is 4.74 Å². The first kappa shape index (κ1) is 14.3. The number of hydrogen-bond donors (Lipinski definition) is 0. The summed E-state index contributed by atoms with van der Waals surface area (Å²) in [5.74, 6) is 1.37. The van der Waals surface area contributed by atoms with Crippen LogP contribution in [0.15, 0.2) is 48.5 Å². The predicted octanol–water partition coefficient (Wildman–Crippen LogP) is 3.82. The van der Waals surface area contributed by atoms with Crippen molar-refractivity contribution in [2.75, 3.05) is 0 Å². The van der Waals surface area contributed by atoms with Gasteiger partial charge in [0.1, 0.15) is 11.6 Å². The first-order valence-electron chi connectivity index (χ1n) is 7.32. The van der Waals surface area contributed by atoms with Crippen molar-refractivity contribution in [2.45, 2.75) is 26.9 Å². The number of carbonyl (C=O) groups is 1. The number of carbonyl (C=O) groups excluding carboxylic acids is 1. The Balaban J connectivity index is 1.97. The maximum absolute atomic E-state index is 12.8. The molecule has 4 heteroatoms. The zero-order chi connectivity index (χ0) is 15.7. The number of hydrogen-bond acceptors (Lipinski definition) is 3. The van der Waals surface area contributed by atoms with Crippen molar-refractivity contribution in [2.24, 2.45) is 0 Å². The van der Waals surface area contributed by atoms with Gasteiger partial charge < -0.3 is 4.74 Å². The molecule has 112 valence electrons. The Morgan fingerprint density at radius 3 is 2.45 bits per heavy atom. The first-order chi connectivity index (χ1) is 10.6. The molecule has 3 aromatic rings. The van der Waals surface area contributed by atoms with Crippen molar-refractivity contribution < 1.29 is 9.53 Å². The van der Waals surface area contributed by atoms with E-state index in [2.05, 4.69) is 4.98 Å². The number of ether oxygens (including phenoxy) is 1. The van der Waals surface area contributed by atoms with E-state index in [0.717, 1.165) is 16.8 Å². The monoisotopic (exact) mass is 294 g/mol. The van der Waals surface area contributed by atoms with E-state index < -0.39 is 0 Å². The van der Waals surface area contributed by atoms with Gasteiger partial charge in [0.25, 0.3) is 5.91 Å². The lowest BCUT2D eigenvalue weighted by Crippen LogP contribution is -2.13. The van der Waals surface area contributed by atoms with Crippen molar-refractivity contribution in [1.29, 1.82) is 0 Å². The van der Waals surface area contributed by atoms with E-state index in [9.17, 15) is 4.79 Å². The largest absolute Gasteiger partial charge is 0.491 e. The minimum Gasteiger partial charge on any atom is -0.491 e. The summed E-state index contributed by atoms with van der Waals surface area (Å²) in [6.45, 7) is 5.79. The molecule has 0 spiro atoms. The molecule has 0 aliphatic rings. The van der Waals surface area contributed by atoms with Crippen molar-refractivity contribution in [1.82, 2.24) is 9.55 Å². The van der Waals surface area contributed by atoms with Crippen LogP contribution in [0.4, 0.5) is 0 Å². The van der Waals surface area contributed by atoms with Crippen LogP contribution in [0, 0.1) is 6.92 Å². The molecule has 0 aliphatic heterocycles. The predicted molar refractivity (Wildman–Crippen MR) is 86.4 cm³/mol. The number of aryl methyl sites for hydroxylation is 1. The highest BCUT2D eigenvalue weighted by Gasteiger charge is 2.15. The molecule has 4 nitrogen and oxygen atoms in total. The molecule has 0 bridgehead atoms. The van der Waals surface area contributed by atoms with E-state index >= 15 is 0 Å². The van der Waals surface area contributed by atoms with Gasteiger partial charge in [-0.25, -0.2) is 4.98 Å². The SMILES string of the molecule is Cc1nc2ccccc2n1C(=O)c1ccc(OC(C)C)cc1. The van der Waals surface area contributed by atoms with Gasteiger partial charge in [0.2, 0.25) is 0 Å². The molecule has 0 aliphatic carbocycles. The van der Waals surface area contributed by atoms with Crippen LogP contribution in [0.25, 0.3) is 11.0 Å². The van der Waals surface area contributed by atoms with E-state index in [0.29, 0.717) is 11.4 Å². The van der Waals surface area contributed by atoms with Gasteiger partial charge in [-0.15, -0.1) is 0 Å². The van der Waals surface area contributed by atoms with Crippen molar-refractivity contribution in [3.8, 4) is 5.75 Å². The van der Waals surface area contributed by atoms with Crippen LogP contribution in [0.3, 0.4) is 0 Å². The Morgan fingerprint density at radius 1 is 1.09 bits per heavy atom. The Morgan fingerprint density at radius 2 is 1.77 bits per heavy atom. The maximum Gasteiger partial charge on any atom is 0.263 e. The highest BCUT2D eigenvalue weighted by atomic mass is 16.5. The van der Waals surface area contributed by atoms with Crippen LogP contribution >= 0.6 is 0 Å².